The third-order valence-electron chi connectivity index (χ3n) is 5.02. The molecule has 0 saturated carbocycles. The first kappa shape index (κ1) is 19.3. The largest absolute Gasteiger partial charge is 0.373 e. The molecule has 2 heterocycles. The normalized spacial score (nSPS) is 21.9. The lowest BCUT2D eigenvalue weighted by Gasteiger charge is -2.35. The van der Waals surface area contributed by atoms with Gasteiger partial charge in [0.15, 0.2) is 0 Å². The molecule has 7 heteroatoms. The fraction of sp³-hybridized carbons (Fsp3) is 0.318. The van der Waals surface area contributed by atoms with Crippen molar-refractivity contribution >= 4 is 17.8 Å². The molecule has 0 bridgehead atoms. The molecule has 2 aromatic rings. The molecule has 2 amide bonds. The van der Waals surface area contributed by atoms with E-state index in [1.165, 1.54) is 12.1 Å². The van der Waals surface area contributed by atoms with Gasteiger partial charge in [0, 0.05) is 19.6 Å². The average Bonchev–Trinajstić information content (AvgIpc) is 2.93. The summed E-state index contributed by atoms with van der Waals surface area (Å²) in [6.45, 7) is 6.58. The maximum Gasteiger partial charge on any atom is 0.363 e. The lowest BCUT2D eigenvalue weighted by atomic mass is 10.1. The number of rotatable bonds is 4. The van der Waals surface area contributed by atoms with E-state index in [4.69, 9.17) is 9.57 Å². The van der Waals surface area contributed by atoms with Crippen LogP contribution in [0.5, 0.6) is 0 Å². The molecule has 1 fully saturated rings. The van der Waals surface area contributed by atoms with Crippen molar-refractivity contribution in [2.24, 2.45) is 0 Å². The van der Waals surface area contributed by atoms with Crippen molar-refractivity contribution in [1.29, 1.82) is 0 Å². The monoisotopic (exact) mass is 394 g/mol. The van der Waals surface area contributed by atoms with Crippen LogP contribution in [-0.4, -0.2) is 53.0 Å². The van der Waals surface area contributed by atoms with E-state index in [-0.39, 0.29) is 28.9 Å². The van der Waals surface area contributed by atoms with Crippen molar-refractivity contribution in [2.75, 3.05) is 13.1 Å². The molecular weight excluding hydrogens is 372 g/mol. The number of nitrogens with zero attached hydrogens (tertiary/aromatic N) is 2. The summed E-state index contributed by atoms with van der Waals surface area (Å²) in [5, 5.41) is 0.525. The number of hydrogen-bond acceptors (Lipinski definition) is 6. The Morgan fingerprint density at radius 3 is 2.07 bits per heavy atom. The fourth-order valence-corrected chi connectivity index (χ4v) is 3.80. The highest BCUT2D eigenvalue weighted by molar-refractivity contribution is 6.21. The van der Waals surface area contributed by atoms with E-state index in [1.54, 1.807) is 24.3 Å². The third kappa shape index (κ3) is 3.92. The minimum absolute atomic E-state index is 0.188. The SMILES string of the molecule is CC1CN(Cc2ccc(C(=O)ON3C(=O)c4ccccc4C3=O)cc2)CC(C)O1. The number of carbonyl (C=O) groups excluding carboxylic acids is 3. The van der Waals surface area contributed by atoms with Gasteiger partial charge in [-0.1, -0.05) is 29.3 Å². The third-order valence-corrected chi connectivity index (χ3v) is 5.02. The molecule has 2 atom stereocenters. The number of hydrogen-bond donors (Lipinski definition) is 0. The van der Waals surface area contributed by atoms with Gasteiger partial charge in [-0.05, 0) is 43.7 Å². The van der Waals surface area contributed by atoms with E-state index in [0.717, 1.165) is 25.2 Å². The van der Waals surface area contributed by atoms with Crippen LogP contribution < -0.4 is 0 Å². The average molecular weight is 394 g/mol. The highest BCUT2D eigenvalue weighted by Gasteiger charge is 2.38. The van der Waals surface area contributed by atoms with Crippen LogP contribution >= 0.6 is 0 Å². The first-order chi connectivity index (χ1) is 13.9. The zero-order valence-electron chi connectivity index (χ0n) is 16.3. The summed E-state index contributed by atoms with van der Waals surface area (Å²) >= 11 is 0. The van der Waals surface area contributed by atoms with Gasteiger partial charge in [0.2, 0.25) is 0 Å². The van der Waals surface area contributed by atoms with E-state index in [2.05, 4.69) is 18.7 Å². The van der Waals surface area contributed by atoms with Gasteiger partial charge in [-0.25, -0.2) is 4.79 Å². The van der Waals surface area contributed by atoms with Crippen LogP contribution in [0.4, 0.5) is 0 Å². The van der Waals surface area contributed by atoms with Crippen molar-refractivity contribution < 1.29 is 24.0 Å². The van der Waals surface area contributed by atoms with Crippen molar-refractivity contribution in [3.63, 3.8) is 0 Å². The van der Waals surface area contributed by atoms with E-state index in [9.17, 15) is 14.4 Å². The maximum atomic E-state index is 12.4. The van der Waals surface area contributed by atoms with Gasteiger partial charge < -0.3 is 9.57 Å². The molecule has 0 radical (unpaired) electrons. The van der Waals surface area contributed by atoms with Gasteiger partial charge in [0.05, 0.1) is 28.9 Å². The smallest absolute Gasteiger partial charge is 0.363 e. The molecule has 2 aromatic carbocycles. The number of ether oxygens (including phenoxy) is 1. The Balaban J connectivity index is 1.40. The van der Waals surface area contributed by atoms with Gasteiger partial charge >= 0.3 is 5.97 Å². The van der Waals surface area contributed by atoms with Gasteiger partial charge in [-0.2, -0.15) is 0 Å². The Morgan fingerprint density at radius 1 is 0.966 bits per heavy atom. The van der Waals surface area contributed by atoms with Crippen molar-refractivity contribution in [3.05, 3.63) is 70.8 Å². The second kappa shape index (κ2) is 7.77. The van der Waals surface area contributed by atoms with Crippen molar-refractivity contribution in [1.82, 2.24) is 9.96 Å². The second-order valence-corrected chi connectivity index (χ2v) is 7.48. The number of morpholine rings is 1. The van der Waals surface area contributed by atoms with Gasteiger partial charge in [-0.3, -0.25) is 14.5 Å². The molecule has 1 saturated heterocycles. The Morgan fingerprint density at radius 2 is 1.52 bits per heavy atom. The van der Waals surface area contributed by atoms with Crippen LogP contribution in [-0.2, 0) is 16.1 Å². The van der Waals surface area contributed by atoms with E-state index >= 15 is 0 Å². The molecule has 2 unspecified atom stereocenters. The lowest BCUT2D eigenvalue weighted by Crippen LogP contribution is -2.44. The molecule has 4 rings (SSSR count). The van der Waals surface area contributed by atoms with Crippen molar-refractivity contribution in [2.45, 2.75) is 32.6 Å². The van der Waals surface area contributed by atoms with Crippen LogP contribution in [0.25, 0.3) is 0 Å². The Hall–Kier alpha value is -3.03. The predicted octanol–water partition coefficient (Wildman–Crippen LogP) is 2.66. The fourth-order valence-electron chi connectivity index (χ4n) is 3.80. The topological polar surface area (TPSA) is 76.2 Å². The molecule has 2 aliphatic heterocycles. The summed E-state index contributed by atoms with van der Waals surface area (Å²) in [4.78, 5) is 44.5. The molecule has 0 N–H and O–H groups in total. The Labute approximate surface area is 168 Å². The number of fused-ring (bicyclic) bond motifs is 1. The van der Waals surface area contributed by atoms with Crippen LogP contribution in [0.2, 0.25) is 0 Å². The summed E-state index contributed by atoms with van der Waals surface area (Å²) in [7, 11) is 0. The van der Waals surface area contributed by atoms with E-state index < -0.39 is 17.8 Å². The predicted molar refractivity (Wildman–Crippen MR) is 104 cm³/mol. The summed E-state index contributed by atoms with van der Waals surface area (Å²) in [5.41, 5.74) is 1.79. The number of hydroxylamine groups is 2. The number of amides is 2. The van der Waals surface area contributed by atoms with Gasteiger partial charge in [0.1, 0.15) is 0 Å². The molecule has 29 heavy (non-hydrogen) atoms. The quantitative estimate of drug-likeness (QED) is 0.742. The second-order valence-electron chi connectivity index (χ2n) is 7.48. The first-order valence-corrected chi connectivity index (χ1v) is 9.59. The summed E-state index contributed by atoms with van der Waals surface area (Å²) in [6, 6.07) is 13.4. The summed E-state index contributed by atoms with van der Waals surface area (Å²) < 4.78 is 5.75. The molecule has 0 aliphatic carbocycles. The Bertz CT molecular complexity index is 911. The molecule has 7 nitrogen and oxygen atoms in total. The first-order valence-electron chi connectivity index (χ1n) is 9.59. The van der Waals surface area contributed by atoms with Crippen molar-refractivity contribution in [3.8, 4) is 0 Å². The highest BCUT2D eigenvalue weighted by atomic mass is 16.7. The highest BCUT2D eigenvalue weighted by Crippen LogP contribution is 2.23. The Kier molecular flexibility index (Phi) is 5.17. The van der Waals surface area contributed by atoms with Crippen LogP contribution in [0.15, 0.2) is 48.5 Å². The number of benzene rings is 2. The molecule has 0 aromatic heterocycles. The molecule has 150 valence electrons. The zero-order chi connectivity index (χ0) is 20.5. The zero-order valence-corrected chi connectivity index (χ0v) is 16.3. The standard InChI is InChI=1S/C22H22N2O5/c1-14-11-23(12-15(2)28-14)13-16-7-9-17(10-8-16)22(27)29-24-20(25)18-5-3-4-6-19(18)21(24)26/h3-10,14-15H,11-13H2,1-2H3. The molecule has 0 spiro atoms. The van der Waals surface area contributed by atoms with E-state index in [0.29, 0.717) is 5.06 Å². The van der Waals surface area contributed by atoms with Crippen LogP contribution in [0, 0.1) is 0 Å². The molecular formula is C22H22N2O5. The minimum Gasteiger partial charge on any atom is -0.373 e. The van der Waals surface area contributed by atoms with Crippen LogP contribution in [0.1, 0.15) is 50.5 Å². The minimum atomic E-state index is -0.750. The molecule has 2 aliphatic rings. The summed E-state index contributed by atoms with van der Waals surface area (Å²) in [5.74, 6) is -2.02. The number of imide groups is 1. The lowest BCUT2D eigenvalue weighted by molar-refractivity contribution is -0.0705. The maximum absolute atomic E-state index is 12.4. The van der Waals surface area contributed by atoms with Gasteiger partial charge in [0.25, 0.3) is 11.8 Å². The van der Waals surface area contributed by atoms with E-state index in [1.807, 2.05) is 12.1 Å². The van der Waals surface area contributed by atoms with Crippen LogP contribution in [0.3, 0.4) is 0 Å². The number of carbonyl (C=O) groups is 3. The van der Waals surface area contributed by atoms with Gasteiger partial charge in [-0.15, -0.1) is 0 Å². The summed E-state index contributed by atoms with van der Waals surface area (Å²) in [6.07, 6.45) is 0.375.